The molecule has 3 saturated heterocycles. The first-order valence-corrected chi connectivity index (χ1v) is 28.5. The van der Waals surface area contributed by atoms with Crippen LogP contribution in [0.3, 0.4) is 0 Å². The van der Waals surface area contributed by atoms with E-state index in [0.29, 0.717) is 19.3 Å². The summed E-state index contributed by atoms with van der Waals surface area (Å²) in [5.74, 6) is -1.56. The quantitative estimate of drug-likeness (QED) is 0.0637. The molecule has 7 aliphatic rings. The van der Waals surface area contributed by atoms with Gasteiger partial charge in [-0.25, -0.2) is 4.18 Å². The molecule has 0 unspecified atom stereocenters. The van der Waals surface area contributed by atoms with Crippen LogP contribution < -0.4 is 5.32 Å². The molecule has 0 spiro atoms. The van der Waals surface area contributed by atoms with Gasteiger partial charge in [-0.1, -0.05) is 58.4 Å². The summed E-state index contributed by atoms with van der Waals surface area (Å²) in [6, 6.07) is 0. The smallest absolute Gasteiger partial charge is 0.394 e. The van der Waals surface area contributed by atoms with Crippen molar-refractivity contribution >= 4 is 26.4 Å². The fraction of sp³-hybridized carbons (Fsp3) is 0.896. The highest BCUT2D eigenvalue weighted by Gasteiger charge is 2.62. The van der Waals surface area contributed by atoms with Crippen molar-refractivity contribution in [2.45, 2.75) is 185 Å². The molecule has 0 aromatic rings. The second kappa shape index (κ2) is 23.2. The summed E-state index contributed by atoms with van der Waals surface area (Å²) in [5, 5.41) is 80.2. The molecule has 3 heterocycles. The Balaban J connectivity index is 1.12. The number of allylic oxidation sites excluding steroid dienone is 4. The highest BCUT2D eigenvalue weighted by molar-refractivity contribution is 7.85. The SMILES string of the molecule is CO[C@H]1[C@@H](O)[C@@H](O[C@H]2[C@H](O[C@@H]3[C@@H](O)[C@H](O[C@H]4C[C@H]5C(=CC[C@]6(C)[C@@H]([C@H](C)/C=C/[C@@H](C)[C@@H](C)C(=O)NCCS(=O)(=O)O)CC[C@H]56)[C@@]5(C)CC[C@H](OS(=O)(=O)O)C[C@@H]45)O[C@H](CO)[C@H]3O)OC[C@@H](O)[C@@H]2O)O[C@H](C)[C@H]1O. The second-order valence-corrected chi connectivity index (χ2v) is 24.8. The lowest BCUT2D eigenvalue weighted by molar-refractivity contribution is -0.381. The lowest BCUT2D eigenvalue weighted by Crippen LogP contribution is -2.65. The van der Waals surface area contributed by atoms with Gasteiger partial charge in [0.15, 0.2) is 18.9 Å². The number of carbonyl (C=O) groups is 1. The van der Waals surface area contributed by atoms with E-state index in [2.05, 4.69) is 38.2 Å². The number of rotatable bonds is 18. The van der Waals surface area contributed by atoms with Gasteiger partial charge in [0.1, 0.15) is 61.0 Å². The highest BCUT2D eigenvalue weighted by atomic mass is 32.3. The van der Waals surface area contributed by atoms with Crippen molar-refractivity contribution < 1.29 is 104 Å². The summed E-state index contributed by atoms with van der Waals surface area (Å²) in [7, 11) is -7.78. The van der Waals surface area contributed by atoms with Crippen molar-refractivity contribution in [3.05, 3.63) is 23.8 Å². The average Bonchev–Trinajstić information content (AvgIpc) is 3.68. The molecule has 6 fully saturated rings. The zero-order valence-electron chi connectivity index (χ0n) is 42.4. The molecule has 0 aromatic heterocycles. The molecule has 25 heteroatoms. The first kappa shape index (κ1) is 58.8. The van der Waals surface area contributed by atoms with Crippen molar-refractivity contribution in [2.24, 2.45) is 52.3 Å². The maximum Gasteiger partial charge on any atom is 0.397 e. The number of amides is 1. The fourth-order valence-electron chi connectivity index (χ4n) is 13.4. The number of ether oxygens (including phenoxy) is 7. The number of methoxy groups -OCH3 is 1. The molecular formula is C48H79NO22S2. The Bertz CT molecular complexity index is 2190. The standard InChI is InChI=1S/C48H79NO22S2/c1-22(24(3)43(57)49-16-17-72(58,59)60)8-9-23(2)28-10-11-29-27-19-33(31-18-26(71-73(61,62)63)12-14-48(31,6)30(27)13-15-47(28,29)5)67-45-39(56)41(37(54)34(20-50)68-45)69-46-42(36(53)32(51)21-65-46)70-44-38(55)40(64-7)35(52)25(4)66-44/h8-9,13,22-29,31-42,44-46,50-56H,10-12,14-21H2,1-7H3,(H,49,57)(H,58,59,60)(H,61,62,63)/b9-8+/t22-,23-,24-,25-,26+,27-,28-,29-,31+,32-,33+,34-,35-,36+,37-,38-,39-,40-,41+,42-,44-,45-,46+,47-,48-/m1/s1. The van der Waals surface area contributed by atoms with E-state index in [0.717, 1.165) is 19.3 Å². The Hall–Kier alpha value is -1.83. The molecule has 3 saturated carbocycles. The number of carbonyl (C=O) groups excluding carboxylic acids is 1. The van der Waals surface area contributed by atoms with Crippen LogP contribution in [-0.2, 0) is 62.7 Å². The van der Waals surface area contributed by atoms with Gasteiger partial charge in [-0.05, 0) is 98.2 Å². The third-order valence-electron chi connectivity index (χ3n) is 17.7. The highest BCUT2D eigenvalue weighted by Crippen LogP contribution is 2.67. The van der Waals surface area contributed by atoms with Gasteiger partial charge in [0.25, 0.3) is 10.1 Å². The Morgan fingerprint density at radius 1 is 0.836 bits per heavy atom. The monoisotopic (exact) mass is 1090 g/mol. The molecule has 3 aliphatic heterocycles. The maximum absolute atomic E-state index is 12.8. The first-order chi connectivity index (χ1) is 34.1. The number of aliphatic hydroxyl groups excluding tert-OH is 7. The van der Waals surface area contributed by atoms with Crippen molar-refractivity contribution in [2.75, 3.05) is 32.6 Å². The van der Waals surface area contributed by atoms with Crippen LogP contribution in [0.4, 0.5) is 0 Å². The van der Waals surface area contributed by atoms with Crippen molar-refractivity contribution in [1.82, 2.24) is 5.32 Å². The number of fused-ring (bicyclic) bond motifs is 5. The number of aliphatic hydroxyl groups is 7. The van der Waals surface area contributed by atoms with Crippen LogP contribution in [0.2, 0.25) is 0 Å². The normalized spacial score (nSPS) is 45.6. The largest absolute Gasteiger partial charge is 0.397 e. The molecule has 10 N–H and O–H groups in total. The molecule has 7 rings (SSSR count). The van der Waals surface area contributed by atoms with Gasteiger partial charge >= 0.3 is 10.4 Å². The van der Waals surface area contributed by atoms with Crippen molar-refractivity contribution in [1.29, 1.82) is 0 Å². The lowest BCUT2D eigenvalue weighted by atomic mass is 9.47. The molecule has 4 aliphatic carbocycles. The van der Waals surface area contributed by atoms with Crippen LogP contribution in [0.5, 0.6) is 0 Å². The number of nitrogens with one attached hydrogen (secondary N) is 1. The molecular weight excluding hydrogens is 1010 g/mol. The van der Waals surface area contributed by atoms with E-state index < -0.39 is 155 Å². The summed E-state index contributed by atoms with van der Waals surface area (Å²) in [6.45, 7) is 10.3. The van der Waals surface area contributed by atoms with Crippen LogP contribution in [0.1, 0.15) is 86.5 Å². The maximum atomic E-state index is 12.8. The van der Waals surface area contributed by atoms with Gasteiger partial charge in [0, 0.05) is 19.6 Å². The van der Waals surface area contributed by atoms with E-state index in [1.807, 2.05) is 13.0 Å². The molecule has 0 bridgehead atoms. The minimum Gasteiger partial charge on any atom is -0.394 e. The van der Waals surface area contributed by atoms with E-state index in [9.17, 15) is 61.9 Å². The molecule has 23 nitrogen and oxygen atoms in total. The van der Waals surface area contributed by atoms with Gasteiger partial charge in [-0.2, -0.15) is 16.8 Å². The molecule has 1 amide bonds. The topological polar surface area (TPSA) is 353 Å². The van der Waals surface area contributed by atoms with E-state index in [1.165, 1.54) is 19.6 Å². The number of hydrogen-bond acceptors (Lipinski definition) is 20. The summed E-state index contributed by atoms with van der Waals surface area (Å²) in [6.07, 6.45) is -12.4. The summed E-state index contributed by atoms with van der Waals surface area (Å²) in [5.41, 5.74) is 0.456. The second-order valence-electron chi connectivity index (χ2n) is 22.1. The van der Waals surface area contributed by atoms with Crippen molar-refractivity contribution in [3.8, 4) is 0 Å². The Labute approximate surface area is 427 Å². The van der Waals surface area contributed by atoms with Crippen LogP contribution >= 0.6 is 0 Å². The van der Waals surface area contributed by atoms with Crippen LogP contribution in [0, 0.1) is 52.3 Å². The molecule has 0 radical (unpaired) electrons. The Morgan fingerprint density at radius 3 is 2.16 bits per heavy atom. The molecule has 25 atom stereocenters. The predicted molar refractivity (Wildman–Crippen MR) is 254 cm³/mol. The minimum atomic E-state index is -4.83. The Morgan fingerprint density at radius 2 is 1.51 bits per heavy atom. The van der Waals surface area contributed by atoms with Gasteiger partial charge < -0.3 is 74.2 Å². The third-order valence-corrected chi connectivity index (χ3v) is 19.0. The third kappa shape index (κ3) is 12.6. The predicted octanol–water partition coefficient (Wildman–Crippen LogP) is -0.0139. The van der Waals surface area contributed by atoms with E-state index in [1.54, 1.807) is 6.92 Å². The van der Waals surface area contributed by atoms with Gasteiger partial charge in [-0.15, -0.1) is 0 Å². The molecule has 0 aromatic carbocycles. The Kier molecular flexibility index (Phi) is 18.7. The summed E-state index contributed by atoms with van der Waals surface area (Å²) < 4.78 is 112. The summed E-state index contributed by atoms with van der Waals surface area (Å²) in [4.78, 5) is 12.8. The first-order valence-electron chi connectivity index (χ1n) is 25.5. The van der Waals surface area contributed by atoms with Gasteiger partial charge in [-0.3, -0.25) is 13.9 Å². The van der Waals surface area contributed by atoms with E-state index in [4.69, 9.17) is 41.9 Å². The fourth-order valence-corrected chi connectivity index (χ4v) is 14.3. The van der Waals surface area contributed by atoms with E-state index in [-0.39, 0.29) is 53.9 Å². The van der Waals surface area contributed by atoms with Crippen molar-refractivity contribution in [3.63, 3.8) is 0 Å². The van der Waals surface area contributed by atoms with Gasteiger partial charge in [0.05, 0.1) is 37.3 Å². The van der Waals surface area contributed by atoms with E-state index >= 15 is 0 Å². The molecule has 420 valence electrons. The lowest BCUT2D eigenvalue weighted by Gasteiger charge is -2.59. The summed E-state index contributed by atoms with van der Waals surface area (Å²) >= 11 is 0. The van der Waals surface area contributed by atoms with Crippen LogP contribution in [0.15, 0.2) is 23.8 Å². The van der Waals surface area contributed by atoms with Crippen LogP contribution in [0.25, 0.3) is 0 Å². The van der Waals surface area contributed by atoms with Crippen LogP contribution in [-0.4, -0.2) is 198 Å². The zero-order valence-corrected chi connectivity index (χ0v) is 44.1. The zero-order chi connectivity index (χ0) is 53.7. The minimum absolute atomic E-state index is 0.0389. The average molecular weight is 1090 g/mol. The van der Waals surface area contributed by atoms with Gasteiger partial charge in [0.2, 0.25) is 5.91 Å². The number of hydrogen-bond donors (Lipinski definition) is 10. The molecule has 73 heavy (non-hydrogen) atoms.